The number of hydrogen-bond acceptors (Lipinski definition) is 5. The molecule has 7 nitrogen and oxygen atoms in total. The molecule has 0 saturated carbocycles. The molecular formula is C14H19N5O2S. The number of hydrogen-bond donors (Lipinski definition) is 2. The molecule has 1 aliphatic rings. The summed E-state index contributed by atoms with van der Waals surface area (Å²) in [4.78, 5) is 13.1. The largest absolute Gasteiger partial charge is 0.375 e. The fourth-order valence-electron chi connectivity index (χ4n) is 2.45. The van der Waals surface area contributed by atoms with Crippen LogP contribution in [0.3, 0.4) is 0 Å². The van der Waals surface area contributed by atoms with Crippen molar-refractivity contribution in [1.82, 2.24) is 5.43 Å². The molecule has 0 atom stereocenters. The number of anilines is 1. The number of piperidine rings is 1. The Morgan fingerprint density at radius 2 is 2.23 bits per heavy atom. The van der Waals surface area contributed by atoms with E-state index in [-0.39, 0.29) is 15.7 Å². The Morgan fingerprint density at radius 1 is 1.55 bits per heavy atom. The molecule has 22 heavy (non-hydrogen) atoms. The maximum Gasteiger partial charge on any atom is 0.293 e. The van der Waals surface area contributed by atoms with E-state index in [4.69, 9.17) is 5.73 Å². The lowest BCUT2D eigenvalue weighted by Gasteiger charge is -2.31. The molecule has 1 heterocycles. The second-order valence-electron chi connectivity index (χ2n) is 5.41. The van der Waals surface area contributed by atoms with E-state index < -0.39 is 0 Å². The van der Waals surface area contributed by atoms with E-state index in [1.54, 1.807) is 12.1 Å². The van der Waals surface area contributed by atoms with Crippen molar-refractivity contribution in [2.24, 2.45) is 16.8 Å². The smallest absolute Gasteiger partial charge is 0.293 e. The summed E-state index contributed by atoms with van der Waals surface area (Å²) in [5.74, 6) is 0.674. The average Bonchev–Trinajstić information content (AvgIpc) is 2.47. The molecule has 0 bridgehead atoms. The quantitative estimate of drug-likeness (QED) is 0.381. The van der Waals surface area contributed by atoms with Crippen molar-refractivity contribution >= 4 is 34.9 Å². The predicted molar refractivity (Wildman–Crippen MR) is 91.2 cm³/mol. The minimum atomic E-state index is -0.355. The van der Waals surface area contributed by atoms with Crippen LogP contribution in [0.4, 0.5) is 11.4 Å². The summed E-state index contributed by atoms with van der Waals surface area (Å²) >= 11 is 4.63. The first-order chi connectivity index (χ1) is 10.5. The highest BCUT2D eigenvalue weighted by atomic mass is 32.1. The van der Waals surface area contributed by atoms with Crippen molar-refractivity contribution < 1.29 is 4.92 Å². The SMILES string of the molecule is CC1CCN(c2ccc(/C=N\NC(N)=S)cc2[N+](=O)[O-])CC1. The highest BCUT2D eigenvalue weighted by molar-refractivity contribution is 7.80. The topological polar surface area (TPSA) is 96.8 Å². The van der Waals surface area contributed by atoms with Crippen LogP contribution < -0.4 is 16.1 Å². The van der Waals surface area contributed by atoms with Crippen LogP contribution in [0.1, 0.15) is 25.3 Å². The molecular weight excluding hydrogens is 302 g/mol. The number of nitro groups is 1. The summed E-state index contributed by atoms with van der Waals surface area (Å²) in [5, 5.41) is 15.2. The van der Waals surface area contributed by atoms with Crippen LogP contribution in [-0.2, 0) is 0 Å². The highest BCUT2D eigenvalue weighted by Gasteiger charge is 2.23. The van der Waals surface area contributed by atoms with Gasteiger partial charge in [0.2, 0.25) is 0 Å². The second-order valence-corrected chi connectivity index (χ2v) is 5.85. The number of rotatable bonds is 4. The minimum Gasteiger partial charge on any atom is -0.375 e. The van der Waals surface area contributed by atoms with Crippen molar-refractivity contribution in [2.45, 2.75) is 19.8 Å². The van der Waals surface area contributed by atoms with Crippen LogP contribution in [-0.4, -0.2) is 29.3 Å². The van der Waals surface area contributed by atoms with Gasteiger partial charge in [0.25, 0.3) is 5.69 Å². The summed E-state index contributed by atoms with van der Waals surface area (Å²) in [6, 6.07) is 5.08. The van der Waals surface area contributed by atoms with Crippen LogP contribution >= 0.6 is 12.2 Å². The van der Waals surface area contributed by atoms with Crippen LogP contribution in [0, 0.1) is 16.0 Å². The van der Waals surface area contributed by atoms with Crippen molar-refractivity contribution in [3.8, 4) is 0 Å². The van der Waals surface area contributed by atoms with Gasteiger partial charge in [-0.15, -0.1) is 0 Å². The van der Waals surface area contributed by atoms with Gasteiger partial charge in [-0.1, -0.05) is 13.0 Å². The fraction of sp³-hybridized carbons (Fsp3) is 0.429. The van der Waals surface area contributed by atoms with E-state index in [2.05, 4.69) is 34.6 Å². The molecule has 1 saturated heterocycles. The molecule has 0 aromatic heterocycles. The van der Waals surface area contributed by atoms with Gasteiger partial charge in [0.1, 0.15) is 5.69 Å². The van der Waals surface area contributed by atoms with Gasteiger partial charge in [0.15, 0.2) is 5.11 Å². The average molecular weight is 321 g/mol. The fourth-order valence-corrected chi connectivity index (χ4v) is 2.51. The first-order valence-corrected chi connectivity index (χ1v) is 7.50. The third-order valence-corrected chi connectivity index (χ3v) is 3.80. The Kier molecular flexibility index (Phi) is 5.26. The van der Waals surface area contributed by atoms with Crippen molar-refractivity contribution in [1.29, 1.82) is 0 Å². The number of nitrogens with one attached hydrogen (secondary N) is 1. The van der Waals surface area contributed by atoms with Gasteiger partial charge in [-0.05, 0) is 37.0 Å². The molecule has 3 N–H and O–H groups in total. The number of benzene rings is 1. The third-order valence-electron chi connectivity index (χ3n) is 3.71. The van der Waals surface area contributed by atoms with Crippen LogP contribution in [0.15, 0.2) is 23.3 Å². The number of hydrazone groups is 1. The van der Waals surface area contributed by atoms with Gasteiger partial charge in [-0.3, -0.25) is 15.5 Å². The van der Waals surface area contributed by atoms with Crippen LogP contribution in [0.2, 0.25) is 0 Å². The summed E-state index contributed by atoms with van der Waals surface area (Å²) in [5.41, 5.74) is 9.05. The van der Waals surface area contributed by atoms with Crippen molar-refractivity contribution in [3.05, 3.63) is 33.9 Å². The number of thiocarbonyl (C=S) groups is 1. The predicted octanol–water partition coefficient (Wildman–Crippen LogP) is 2.00. The van der Waals surface area contributed by atoms with E-state index in [9.17, 15) is 10.1 Å². The Balaban J connectivity index is 2.22. The molecule has 1 aliphatic heterocycles. The van der Waals surface area contributed by atoms with Gasteiger partial charge in [0, 0.05) is 24.7 Å². The van der Waals surface area contributed by atoms with Crippen molar-refractivity contribution in [3.63, 3.8) is 0 Å². The molecule has 1 fully saturated rings. The molecule has 0 spiro atoms. The molecule has 1 aromatic carbocycles. The minimum absolute atomic E-state index is 0.0461. The summed E-state index contributed by atoms with van der Waals surface area (Å²) in [7, 11) is 0. The zero-order chi connectivity index (χ0) is 16.1. The molecule has 0 radical (unpaired) electrons. The van der Waals surface area contributed by atoms with Crippen molar-refractivity contribution in [2.75, 3.05) is 18.0 Å². The maximum atomic E-state index is 11.3. The maximum absolute atomic E-state index is 11.3. The Morgan fingerprint density at radius 3 is 2.82 bits per heavy atom. The normalized spacial score (nSPS) is 16.0. The highest BCUT2D eigenvalue weighted by Crippen LogP contribution is 2.31. The first kappa shape index (κ1) is 16.2. The second kappa shape index (κ2) is 7.17. The molecule has 8 heteroatoms. The molecule has 0 unspecified atom stereocenters. The van der Waals surface area contributed by atoms with Gasteiger partial charge >= 0.3 is 0 Å². The lowest BCUT2D eigenvalue weighted by molar-refractivity contribution is -0.384. The molecule has 0 aliphatic carbocycles. The number of nitrogens with two attached hydrogens (primary N) is 1. The zero-order valence-corrected chi connectivity index (χ0v) is 13.2. The van der Waals surface area contributed by atoms with Gasteiger partial charge in [-0.25, -0.2) is 0 Å². The van der Waals surface area contributed by atoms with E-state index >= 15 is 0 Å². The van der Waals surface area contributed by atoms with Gasteiger partial charge in [-0.2, -0.15) is 5.10 Å². The van der Waals surface area contributed by atoms with E-state index in [1.807, 2.05) is 0 Å². The number of nitrogens with zero attached hydrogens (tertiary/aromatic N) is 3. The van der Waals surface area contributed by atoms with E-state index in [0.29, 0.717) is 17.2 Å². The van der Waals surface area contributed by atoms with Gasteiger partial charge in [0.05, 0.1) is 11.1 Å². The summed E-state index contributed by atoms with van der Waals surface area (Å²) in [6.07, 6.45) is 3.56. The van der Waals surface area contributed by atoms with E-state index in [1.165, 1.54) is 12.3 Å². The monoisotopic (exact) mass is 321 g/mol. The standard InChI is InChI=1S/C14H19N5O2S/c1-10-4-6-18(7-5-10)12-3-2-11(8-13(12)19(20)21)9-16-17-14(15)22/h2-3,8-10H,4-7H2,1H3,(H3,15,17,22)/b16-9-. The zero-order valence-electron chi connectivity index (χ0n) is 12.4. The third kappa shape index (κ3) is 4.14. The Bertz CT molecular complexity index is 597. The lowest BCUT2D eigenvalue weighted by atomic mass is 9.98. The Labute approximate surface area is 134 Å². The molecule has 118 valence electrons. The number of nitro benzene ring substituents is 1. The molecule has 1 aromatic rings. The van der Waals surface area contributed by atoms with Crippen LogP contribution in [0.5, 0.6) is 0 Å². The molecule has 0 amide bonds. The summed E-state index contributed by atoms with van der Waals surface area (Å²) in [6.45, 7) is 3.90. The molecule has 2 rings (SSSR count). The van der Waals surface area contributed by atoms with Crippen LogP contribution in [0.25, 0.3) is 0 Å². The summed E-state index contributed by atoms with van der Waals surface area (Å²) < 4.78 is 0. The van der Waals surface area contributed by atoms with E-state index in [0.717, 1.165) is 25.9 Å². The first-order valence-electron chi connectivity index (χ1n) is 7.09. The lowest BCUT2D eigenvalue weighted by Crippen LogP contribution is -2.33. The Hall–Kier alpha value is -2.22. The van der Waals surface area contributed by atoms with Gasteiger partial charge < -0.3 is 10.6 Å².